The minimum atomic E-state index is -0.606. The fourth-order valence-electron chi connectivity index (χ4n) is 1.75. The van der Waals surface area contributed by atoms with Crippen molar-refractivity contribution < 1.29 is 13.9 Å². The van der Waals surface area contributed by atoms with Crippen LogP contribution in [0.4, 0.5) is 4.39 Å². The fourth-order valence-corrected chi connectivity index (χ4v) is 2.52. The maximum absolute atomic E-state index is 13.4. The van der Waals surface area contributed by atoms with Crippen LogP contribution in [0.15, 0.2) is 16.6 Å². The Morgan fingerprint density at radius 2 is 2.11 bits per heavy atom. The summed E-state index contributed by atoms with van der Waals surface area (Å²) in [5.41, 5.74) is 0.866. The van der Waals surface area contributed by atoms with Gasteiger partial charge in [0.25, 0.3) is 0 Å². The van der Waals surface area contributed by atoms with E-state index in [0.717, 1.165) is 4.47 Å². The maximum Gasteiger partial charge on any atom is 0.231 e. The molecule has 0 N–H and O–H groups in total. The van der Waals surface area contributed by atoms with Gasteiger partial charge in [0.15, 0.2) is 28.3 Å². The summed E-state index contributed by atoms with van der Waals surface area (Å²) >= 11 is 9.11. The van der Waals surface area contributed by atoms with Crippen molar-refractivity contribution in [1.82, 2.24) is 9.97 Å². The highest BCUT2D eigenvalue weighted by Crippen LogP contribution is 2.42. The van der Waals surface area contributed by atoms with Gasteiger partial charge in [-0.25, -0.2) is 14.4 Å². The third kappa shape index (κ3) is 2.15. The summed E-state index contributed by atoms with van der Waals surface area (Å²) in [6, 6.07) is 3.51. The van der Waals surface area contributed by atoms with Crippen molar-refractivity contribution in [2.24, 2.45) is 0 Å². The van der Waals surface area contributed by atoms with E-state index in [0.29, 0.717) is 22.9 Å². The Kier molecular flexibility index (Phi) is 3.06. The third-order valence-electron chi connectivity index (χ3n) is 2.66. The summed E-state index contributed by atoms with van der Waals surface area (Å²) in [5.74, 6) is 0.952. The number of nitrogens with zero attached hydrogens (tertiary/aromatic N) is 2. The summed E-state index contributed by atoms with van der Waals surface area (Å²) in [4.78, 5) is 8.02. The monoisotopic (exact) mass is 344 g/mol. The lowest BCUT2D eigenvalue weighted by Crippen LogP contribution is -1.97. The molecule has 7 heteroatoms. The molecule has 1 aliphatic rings. The molecule has 19 heavy (non-hydrogen) atoms. The van der Waals surface area contributed by atoms with Gasteiger partial charge >= 0.3 is 0 Å². The molecule has 2 aromatic rings. The lowest BCUT2D eigenvalue weighted by atomic mass is 10.2. The molecule has 0 saturated heterocycles. The van der Waals surface area contributed by atoms with Crippen LogP contribution < -0.4 is 9.47 Å². The quantitative estimate of drug-likeness (QED) is 0.739. The highest BCUT2D eigenvalue weighted by molar-refractivity contribution is 9.10. The summed E-state index contributed by atoms with van der Waals surface area (Å²) in [6.45, 7) is 1.70. The zero-order valence-corrected chi connectivity index (χ0v) is 12.0. The van der Waals surface area contributed by atoms with Crippen LogP contribution in [-0.2, 0) is 0 Å². The van der Waals surface area contributed by atoms with E-state index < -0.39 is 5.82 Å². The Morgan fingerprint density at radius 3 is 2.84 bits per heavy atom. The Hall–Kier alpha value is -1.40. The first-order valence-electron chi connectivity index (χ1n) is 5.35. The van der Waals surface area contributed by atoms with Crippen LogP contribution in [0.5, 0.6) is 11.5 Å². The average molecular weight is 346 g/mol. The molecule has 1 aromatic heterocycles. The van der Waals surface area contributed by atoms with Crippen LogP contribution in [-0.4, -0.2) is 16.8 Å². The number of benzene rings is 1. The van der Waals surface area contributed by atoms with Crippen LogP contribution in [0.3, 0.4) is 0 Å². The van der Waals surface area contributed by atoms with Gasteiger partial charge in [-0.3, -0.25) is 0 Å². The molecule has 4 nitrogen and oxygen atoms in total. The van der Waals surface area contributed by atoms with Crippen molar-refractivity contribution >= 4 is 27.5 Å². The Labute approximate surface area is 121 Å². The van der Waals surface area contributed by atoms with Crippen molar-refractivity contribution in [3.8, 4) is 22.9 Å². The molecule has 0 radical (unpaired) electrons. The van der Waals surface area contributed by atoms with Crippen molar-refractivity contribution in [2.45, 2.75) is 6.92 Å². The topological polar surface area (TPSA) is 44.2 Å². The molecular formula is C12H7BrClFN2O2. The minimum Gasteiger partial charge on any atom is -0.454 e. The van der Waals surface area contributed by atoms with E-state index in [1.54, 1.807) is 12.1 Å². The van der Waals surface area contributed by atoms with Crippen LogP contribution in [0, 0.1) is 12.7 Å². The van der Waals surface area contributed by atoms with E-state index in [1.807, 2.05) is 0 Å². The van der Waals surface area contributed by atoms with Crippen LogP contribution in [0.2, 0.25) is 5.15 Å². The molecule has 0 spiro atoms. The predicted octanol–water partition coefficient (Wildman–Crippen LogP) is 3.74. The van der Waals surface area contributed by atoms with E-state index in [4.69, 9.17) is 21.1 Å². The second-order valence-corrected chi connectivity index (χ2v) is 5.14. The number of hydrogen-bond acceptors (Lipinski definition) is 4. The molecule has 0 fully saturated rings. The number of ether oxygens (including phenoxy) is 2. The lowest BCUT2D eigenvalue weighted by Gasteiger charge is -2.06. The minimum absolute atomic E-state index is 0.168. The summed E-state index contributed by atoms with van der Waals surface area (Å²) in [6.07, 6.45) is 0. The molecule has 0 saturated carbocycles. The number of fused-ring (bicyclic) bond motifs is 1. The zero-order valence-electron chi connectivity index (χ0n) is 9.71. The Bertz CT molecular complexity index is 658. The van der Waals surface area contributed by atoms with Crippen LogP contribution in [0.25, 0.3) is 11.4 Å². The molecule has 98 valence electrons. The van der Waals surface area contributed by atoms with Gasteiger partial charge in [-0.2, -0.15) is 0 Å². The maximum atomic E-state index is 13.4. The molecule has 1 aromatic carbocycles. The van der Waals surface area contributed by atoms with Crippen molar-refractivity contribution in [2.75, 3.05) is 6.79 Å². The number of rotatable bonds is 1. The predicted molar refractivity (Wildman–Crippen MR) is 71.0 cm³/mol. The largest absolute Gasteiger partial charge is 0.454 e. The van der Waals surface area contributed by atoms with Crippen molar-refractivity contribution in [1.29, 1.82) is 0 Å². The number of hydrogen-bond donors (Lipinski definition) is 0. The van der Waals surface area contributed by atoms with E-state index in [9.17, 15) is 4.39 Å². The molecule has 2 heterocycles. The van der Waals surface area contributed by atoms with Crippen LogP contribution >= 0.6 is 27.5 Å². The van der Waals surface area contributed by atoms with Crippen LogP contribution in [0.1, 0.15) is 5.69 Å². The van der Waals surface area contributed by atoms with Gasteiger partial charge in [-0.15, -0.1) is 0 Å². The third-order valence-corrected chi connectivity index (χ3v) is 3.50. The first-order chi connectivity index (χ1) is 9.06. The van der Waals surface area contributed by atoms with Crippen molar-refractivity contribution in [3.63, 3.8) is 0 Å². The number of aryl methyl sites for hydroxylation is 1. The van der Waals surface area contributed by atoms with Gasteiger partial charge in [-0.05, 0) is 35.0 Å². The molecule has 0 atom stereocenters. The van der Waals surface area contributed by atoms with E-state index >= 15 is 0 Å². The highest BCUT2D eigenvalue weighted by Gasteiger charge is 2.20. The van der Waals surface area contributed by atoms with E-state index in [1.165, 1.54) is 6.92 Å². The van der Waals surface area contributed by atoms with Gasteiger partial charge in [0.2, 0.25) is 6.79 Å². The lowest BCUT2D eigenvalue weighted by molar-refractivity contribution is 0.173. The zero-order chi connectivity index (χ0) is 13.6. The van der Waals surface area contributed by atoms with Gasteiger partial charge in [-0.1, -0.05) is 11.6 Å². The first-order valence-corrected chi connectivity index (χ1v) is 6.52. The second-order valence-electron chi connectivity index (χ2n) is 3.93. The molecule has 0 bridgehead atoms. The first kappa shape index (κ1) is 12.6. The Morgan fingerprint density at radius 1 is 1.32 bits per heavy atom. The molecule has 0 unspecified atom stereocenters. The van der Waals surface area contributed by atoms with E-state index in [2.05, 4.69) is 25.9 Å². The SMILES string of the molecule is Cc1nc(-c2cc(Br)c3c(c2)OCO3)nc(Cl)c1F. The standard InChI is InChI=1S/C12H7BrClFN2O2/c1-5-9(15)11(14)17-12(16-5)6-2-7(13)10-8(3-6)18-4-19-10/h2-3H,4H2,1H3. The molecule has 1 aliphatic heterocycles. The molecular weight excluding hydrogens is 338 g/mol. The number of halogens is 3. The summed E-state index contributed by atoms with van der Waals surface area (Å²) in [5, 5.41) is -0.198. The van der Waals surface area contributed by atoms with Gasteiger partial charge < -0.3 is 9.47 Å². The average Bonchev–Trinajstić information content (AvgIpc) is 2.84. The fraction of sp³-hybridized carbons (Fsp3) is 0.167. The molecule has 0 amide bonds. The van der Waals surface area contributed by atoms with Crippen molar-refractivity contribution in [3.05, 3.63) is 33.3 Å². The van der Waals surface area contributed by atoms with Gasteiger partial charge in [0, 0.05) is 5.56 Å². The molecule has 3 rings (SSSR count). The van der Waals surface area contributed by atoms with E-state index in [-0.39, 0.29) is 17.6 Å². The normalized spacial score (nSPS) is 12.8. The van der Waals surface area contributed by atoms with Gasteiger partial charge in [0.05, 0.1) is 10.2 Å². The summed E-state index contributed by atoms with van der Waals surface area (Å²) in [7, 11) is 0. The van der Waals surface area contributed by atoms with Gasteiger partial charge in [0.1, 0.15) is 0 Å². The smallest absolute Gasteiger partial charge is 0.231 e. The summed E-state index contributed by atoms with van der Waals surface area (Å²) < 4.78 is 24.7. The highest BCUT2D eigenvalue weighted by atomic mass is 79.9. The molecule has 0 aliphatic carbocycles. The second kappa shape index (κ2) is 4.61. The Balaban J connectivity index is 2.15. The number of aromatic nitrogens is 2.